The number of urea groups is 1. The SMILES string of the molecule is O=C(NCCN1CCC[C@H](c2ccccc2)C1)N1CCC2(CCCO2)CC1. The number of likely N-dealkylation sites (tertiary alicyclic amines) is 2. The maximum absolute atomic E-state index is 12.5. The molecule has 0 aromatic heterocycles. The Morgan fingerprint density at radius 2 is 1.93 bits per heavy atom. The van der Waals surface area contributed by atoms with Crippen molar-refractivity contribution in [3.8, 4) is 0 Å². The van der Waals surface area contributed by atoms with Crippen LogP contribution in [-0.4, -0.2) is 67.3 Å². The second kappa shape index (κ2) is 8.61. The van der Waals surface area contributed by atoms with Crippen molar-refractivity contribution >= 4 is 6.03 Å². The highest BCUT2D eigenvalue weighted by molar-refractivity contribution is 5.74. The maximum atomic E-state index is 12.5. The van der Waals surface area contributed by atoms with Crippen LogP contribution in [0, 0.1) is 0 Å². The highest BCUT2D eigenvalue weighted by Crippen LogP contribution is 2.35. The molecule has 1 N–H and O–H groups in total. The fraction of sp³-hybridized carbons (Fsp3) is 0.682. The smallest absolute Gasteiger partial charge is 0.317 e. The van der Waals surface area contributed by atoms with E-state index in [4.69, 9.17) is 4.74 Å². The summed E-state index contributed by atoms with van der Waals surface area (Å²) in [4.78, 5) is 17.0. The molecule has 0 unspecified atom stereocenters. The fourth-order valence-electron chi connectivity index (χ4n) is 4.96. The van der Waals surface area contributed by atoms with Crippen LogP contribution in [0.2, 0.25) is 0 Å². The summed E-state index contributed by atoms with van der Waals surface area (Å²) in [5.74, 6) is 0.625. The van der Waals surface area contributed by atoms with Crippen LogP contribution in [-0.2, 0) is 4.74 Å². The van der Waals surface area contributed by atoms with Crippen LogP contribution in [0.1, 0.15) is 50.0 Å². The summed E-state index contributed by atoms with van der Waals surface area (Å²) >= 11 is 0. The van der Waals surface area contributed by atoms with E-state index in [1.165, 1.54) is 31.2 Å². The van der Waals surface area contributed by atoms with Crippen molar-refractivity contribution < 1.29 is 9.53 Å². The maximum Gasteiger partial charge on any atom is 0.317 e. The second-order valence-corrected chi connectivity index (χ2v) is 8.40. The molecule has 0 radical (unpaired) electrons. The Morgan fingerprint density at radius 3 is 2.67 bits per heavy atom. The van der Waals surface area contributed by atoms with Gasteiger partial charge >= 0.3 is 6.03 Å². The highest BCUT2D eigenvalue weighted by atomic mass is 16.5. The second-order valence-electron chi connectivity index (χ2n) is 8.40. The van der Waals surface area contributed by atoms with Crippen molar-refractivity contribution in [3.05, 3.63) is 35.9 Å². The summed E-state index contributed by atoms with van der Waals surface area (Å²) in [5.41, 5.74) is 1.53. The van der Waals surface area contributed by atoms with Gasteiger partial charge in [-0.15, -0.1) is 0 Å². The zero-order valence-corrected chi connectivity index (χ0v) is 16.4. The zero-order valence-electron chi connectivity index (χ0n) is 16.4. The van der Waals surface area contributed by atoms with Gasteiger partial charge in [0.2, 0.25) is 0 Å². The summed E-state index contributed by atoms with van der Waals surface area (Å²) in [6, 6.07) is 10.9. The van der Waals surface area contributed by atoms with E-state index in [-0.39, 0.29) is 11.6 Å². The predicted molar refractivity (Wildman–Crippen MR) is 107 cm³/mol. The van der Waals surface area contributed by atoms with Crippen molar-refractivity contribution in [2.75, 3.05) is 45.9 Å². The van der Waals surface area contributed by atoms with Gasteiger partial charge in [-0.2, -0.15) is 0 Å². The van der Waals surface area contributed by atoms with E-state index in [1.807, 2.05) is 4.90 Å². The van der Waals surface area contributed by atoms with Gasteiger partial charge in [0.25, 0.3) is 0 Å². The van der Waals surface area contributed by atoms with Crippen LogP contribution >= 0.6 is 0 Å². The van der Waals surface area contributed by atoms with E-state index in [2.05, 4.69) is 40.5 Å². The molecule has 1 aromatic rings. The highest BCUT2D eigenvalue weighted by Gasteiger charge is 2.39. The Balaban J connectivity index is 1.18. The molecule has 3 fully saturated rings. The van der Waals surface area contributed by atoms with Crippen LogP contribution in [0.3, 0.4) is 0 Å². The minimum Gasteiger partial charge on any atom is -0.375 e. The molecule has 5 heteroatoms. The molecule has 1 atom stereocenters. The summed E-state index contributed by atoms with van der Waals surface area (Å²) in [7, 11) is 0. The molecule has 27 heavy (non-hydrogen) atoms. The number of hydrogen-bond donors (Lipinski definition) is 1. The molecule has 3 heterocycles. The van der Waals surface area contributed by atoms with E-state index < -0.39 is 0 Å². The van der Waals surface area contributed by atoms with E-state index in [1.54, 1.807) is 0 Å². The molecule has 3 saturated heterocycles. The summed E-state index contributed by atoms with van der Waals surface area (Å²) < 4.78 is 5.95. The normalized spacial score (nSPS) is 25.6. The minimum atomic E-state index is 0.0804. The Labute approximate surface area is 163 Å². The lowest BCUT2D eigenvalue weighted by Crippen LogP contribution is -2.50. The molecule has 0 saturated carbocycles. The number of hydrogen-bond acceptors (Lipinski definition) is 3. The summed E-state index contributed by atoms with van der Waals surface area (Å²) in [5, 5.41) is 3.14. The topological polar surface area (TPSA) is 44.8 Å². The zero-order chi connectivity index (χ0) is 18.5. The molecular weight excluding hydrogens is 338 g/mol. The van der Waals surface area contributed by atoms with Crippen molar-refractivity contribution in [2.45, 2.75) is 50.0 Å². The average Bonchev–Trinajstić information content (AvgIpc) is 3.17. The van der Waals surface area contributed by atoms with Gasteiger partial charge < -0.3 is 19.9 Å². The Bertz CT molecular complexity index is 605. The van der Waals surface area contributed by atoms with Gasteiger partial charge in [0.15, 0.2) is 0 Å². The molecule has 0 aliphatic carbocycles. The molecule has 1 aromatic carbocycles. The van der Waals surface area contributed by atoms with E-state index in [0.717, 1.165) is 58.7 Å². The monoisotopic (exact) mass is 371 g/mol. The lowest BCUT2D eigenvalue weighted by Gasteiger charge is -2.38. The van der Waals surface area contributed by atoms with Gasteiger partial charge in [-0.3, -0.25) is 0 Å². The number of nitrogens with zero attached hydrogens (tertiary/aromatic N) is 2. The first-order valence-electron chi connectivity index (χ1n) is 10.7. The number of carbonyl (C=O) groups is 1. The lowest BCUT2D eigenvalue weighted by molar-refractivity contribution is -0.0361. The number of carbonyl (C=O) groups excluding carboxylic acids is 1. The van der Waals surface area contributed by atoms with Crippen LogP contribution in [0.5, 0.6) is 0 Å². The van der Waals surface area contributed by atoms with Gasteiger partial charge in [-0.25, -0.2) is 4.79 Å². The third-order valence-corrected chi connectivity index (χ3v) is 6.63. The molecule has 2 amide bonds. The van der Waals surface area contributed by atoms with Crippen LogP contribution in [0.15, 0.2) is 30.3 Å². The lowest BCUT2D eigenvalue weighted by atomic mass is 9.89. The standard InChI is InChI=1S/C22H33N3O2/c26-21(25-14-10-22(11-15-25)9-5-17-27-22)23-12-16-24-13-4-8-20(18-24)19-6-2-1-3-7-19/h1-3,6-7,20H,4-5,8-18H2,(H,23,26)/t20-/m0/s1. The fourth-order valence-corrected chi connectivity index (χ4v) is 4.96. The predicted octanol–water partition coefficient (Wildman–Crippen LogP) is 3.22. The molecular formula is C22H33N3O2. The summed E-state index contributed by atoms with van der Waals surface area (Å²) in [6.07, 6.45) is 6.83. The van der Waals surface area contributed by atoms with Crippen LogP contribution in [0.25, 0.3) is 0 Å². The number of rotatable bonds is 4. The van der Waals surface area contributed by atoms with Gasteiger partial charge in [0, 0.05) is 39.3 Å². The van der Waals surface area contributed by atoms with Gasteiger partial charge in [0.1, 0.15) is 0 Å². The van der Waals surface area contributed by atoms with Gasteiger partial charge in [0.05, 0.1) is 5.60 Å². The average molecular weight is 372 g/mol. The van der Waals surface area contributed by atoms with E-state index in [0.29, 0.717) is 5.92 Å². The number of nitrogens with one attached hydrogen (secondary N) is 1. The largest absolute Gasteiger partial charge is 0.375 e. The Kier molecular flexibility index (Phi) is 5.98. The van der Waals surface area contributed by atoms with E-state index in [9.17, 15) is 4.79 Å². The van der Waals surface area contributed by atoms with Crippen LogP contribution < -0.4 is 5.32 Å². The number of amides is 2. The van der Waals surface area contributed by atoms with Crippen molar-refractivity contribution in [1.29, 1.82) is 0 Å². The summed E-state index contributed by atoms with van der Waals surface area (Å²) in [6.45, 7) is 6.46. The molecule has 4 rings (SSSR count). The molecule has 148 valence electrons. The van der Waals surface area contributed by atoms with Gasteiger partial charge in [-0.05, 0) is 56.6 Å². The molecule has 1 spiro atoms. The number of ether oxygens (including phenoxy) is 1. The van der Waals surface area contributed by atoms with Crippen LogP contribution in [0.4, 0.5) is 4.79 Å². The first kappa shape index (κ1) is 18.8. The molecule has 3 aliphatic rings. The van der Waals surface area contributed by atoms with Crippen molar-refractivity contribution in [1.82, 2.24) is 15.1 Å². The third-order valence-electron chi connectivity index (χ3n) is 6.63. The minimum absolute atomic E-state index is 0.0804. The Morgan fingerprint density at radius 1 is 1.11 bits per heavy atom. The molecule has 3 aliphatic heterocycles. The Hall–Kier alpha value is -1.59. The quantitative estimate of drug-likeness (QED) is 0.884. The molecule has 5 nitrogen and oxygen atoms in total. The number of benzene rings is 1. The van der Waals surface area contributed by atoms with Crippen molar-refractivity contribution in [2.24, 2.45) is 0 Å². The van der Waals surface area contributed by atoms with Crippen molar-refractivity contribution in [3.63, 3.8) is 0 Å². The van der Waals surface area contributed by atoms with E-state index >= 15 is 0 Å². The first-order valence-corrected chi connectivity index (χ1v) is 10.7. The number of piperidine rings is 2. The first-order chi connectivity index (χ1) is 13.2. The van der Waals surface area contributed by atoms with Gasteiger partial charge in [-0.1, -0.05) is 30.3 Å². The third kappa shape index (κ3) is 4.64. The molecule has 0 bridgehead atoms.